The molecular formula is C19H25FN4. The molecule has 3 rings (SSSR count). The molecule has 0 spiro atoms. The second kappa shape index (κ2) is 8.08. The number of nitrogens with one attached hydrogen (secondary N) is 2. The first-order valence-corrected chi connectivity index (χ1v) is 8.80. The number of aromatic nitrogens is 2. The van der Waals surface area contributed by atoms with Gasteiger partial charge in [-0.25, -0.2) is 14.4 Å². The van der Waals surface area contributed by atoms with E-state index < -0.39 is 0 Å². The molecule has 128 valence electrons. The van der Waals surface area contributed by atoms with Gasteiger partial charge in [-0.3, -0.25) is 0 Å². The van der Waals surface area contributed by atoms with Crippen LogP contribution in [0.5, 0.6) is 0 Å². The Kier molecular flexibility index (Phi) is 5.62. The van der Waals surface area contributed by atoms with Crippen LogP contribution in [0.2, 0.25) is 0 Å². The van der Waals surface area contributed by atoms with Gasteiger partial charge in [-0.05, 0) is 25.8 Å². The van der Waals surface area contributed by atoms with E-state index >= 15 is 0 Å². The first kappa shape index (κ1) is 16.7. The van der Waals surface area contributed by atoms with Gasteiger partial charge in [-0.15, -0.1) is 0 Å². The number of anilines is 2. The highest BCUT2D eigenvalue weighted by Crippen LogP contribution is 2.21. The molecule has 0 aliphatic heterocycles. The van der Waals surface area contributed by atoms with E-state index in [1.807, 2.05) is 19.1 Å². The van der Waals surface area contributed by atoms with Gasteiger partial charge in [0, 0.05) is 24.2 Å². The Balaban J connectivity index is 1.66. The second-order valence-electron chi connectivity index (χ2n) is 6.46. The Hall–Kier alpha value is -2.17. The highest BCUT2D eigenvalue weighted by molar-refractivity contribution is 5.48. The predicted octanol–water partition coefficient (Wildman–Crippen LogP) is 4.67. The lowest BCUT2D eigenvalue weighted by Crippen LogP contribution is -2.19. The summed E-state index contributed by atoms with van der Waals surface area (Å²) in [7, 11) is 0. The fourth-order valence-electron chi connectivity index (χ4n) is 3.19. The first-order chi connectivity index (χ1) is 11.7. The van der Waals surface area contributed by atoms with Gasteiger partial charge in [0.25, 0.3) is 0 Å². The number of hydrogen-bond acceptors (Lipinski definition) is 4. The molecule has 1 heterocycles. The van der Waals surface area contributed by atoms with E-state index in [0.717, 1.165) is 11.6 Å². The summed E-state index contributed by atoms with van der Waals surface area (Å²) in [6.07, 6.45) is 7.61. The number of hydrogen-bond donors (Lipinski definition) is 2. The van der Waals surface area contributed by atoms with Gasteiger partial charge in [0.2, 0.25) is 0 Å². The monoisotopic (exact) mass is 328 g/mol. The molecule has 1 fully saturated rings. The third-order valence-electron chi connectivity index (χ3n) is 4.46. The van der Waals surface area contributed by atoms with Crippen molar-refractivity contribution in [3.8, 4) is 0 Å². The van der Waals surface area contributed by atoms with Gasteiger partial charge in [0.05, 0.1) is 0 Å². The SMILES string of the molecule is Cc1nc(NCc2ccccc2F)cc(NC2CCCCCC2)n1. The quantitative estimate of drug-likeness (QED) is 0.783. The number of aryl methyl sites for hydroxylation is 1. The highest BCUT2D eigenvalue weighted by Gasteiger charge is 2.13. The van der Waals surface area contributed by atoms with Crippen molar-refractivity contribution in [2.75, 3.05) is 10.6 Å². The Morgan fingerprint density at radius 1 is 1.04 bits per heavy atom. The first-order valence-electron chi connectivity index (χ1n) is 8.80. The van der Waals surface area contributed by atoms with E-state index in [2.05, 4.69) is 20.6 Å². The summed E-state index contributed by atoms with van der Waals surface area (Å²) in [5, 5.41) is 6.75. The maximum atomic E-state index is 13.7. The van der Waals surface area contributed by atoms with Crippen LogP contribution in [-0.2, 0) is 6.54 Å². The minimum absolute atomic E-state index is 0.201. The van der Waals surface area contributed by atoms with Gasteiger partial charge in [-0.1, -0.05) is 43.9 Å². The van der Waals surface area contributed by atoms with Crippen LogP contribution in [0.4, 0.5) is 16.0 Å². The van der Waals surface area contributed by atoms with Crippen molar-refractivity contribution >= 4 is 11.6 Å². The smallest absolute Gasteiger partial charge is 0.132 e. The molecule has 0 atom stereocenters. The van der Waals surface area contributed by atoms with Crippen molar-refractivity contribution < 1.29 is 4.39 Å². The average Bonchev–Trinajstić information content (AvgIpc) is 2.82. The van der Waals surface area contributed by atoms with E-state index in [1.165, 1.54) is 44.6 Å². The zero-order chi connectivity index (χ0) is 16.8. The summed E-state index contributed by atoms with van der Waals surface area (Å²) in [5.74, 6) is 2.09. The van der Waals surface area contributed by atoms with Crippen LogP contribution in [-0.4, -0.2) is 16.0 Å². The summed E-state index contributed by atoms with van der Waals surface area (Å²) in [5.41, 5.74) is 0.632. The fourth-order valence-corrected chi connectivity index (χ4v) is 3.19. The molecule has 1 saturated carbocycles. The molecule has 1 aromatic carbocycles. The number of halogens is 1. The van der Waals surface area contributed by atoms with Crippen molar-refractivity contribution in [3.05, 3.63) is 47.5 Å². The molecule has 1 aromatic heterocycles. The lowest BCUT2D eigenvalue weighted by atomic mass is 10.1. The molecule has 2 aromatic rings. The van der Waals surface area contributed by atoms with E-state index in [-0.39, 0.29) is 5.82 Å². The van der Waals surface area contributed by atoms with Crippen molar-refractivity contribution in [1.82, 2.24) is 9.97 Å². The maximum absolute atomic E-state index is 13.7. The zero-order valence-corrected chi connectivity index (χ0v) is 14.2. The molecule has 5 heteroatoms. The lowest BCUT2D eigenvalue weighted by molar-refractivity contribution is 0.612. The average molecular weight is 328 g/mol. The second-order valence-corrected chi connectivity index (χ2v) is 6.46. The summed E-state index contributed by atoms with van der Waals surface area (Å²) < 4.78 is 13.7. The van der Waals surface area contributed by atoms with Crippen LogP contribution in [0.3, 0.4) is 0 Å². The van der Waals surface area contributed by atoms with E-state index in [9.17, 15) is 4.39 Å². The molecule has 0 saturated heterocycles. The van der Waals surface area contributed by atoms with Crippen molar-refractivity contribution in [3.63, 3.8) is 0 Å². The van der Waals surface area contributed by atoms with Gasteiger partial charge in [0.1, 0.15) is 23.3 Å². The minimum Gasteiger partial charge on any atom is -0.367 e. The van der Waals surface area contributed by atoms with Crippen molar-refractivity contribution in [2.45, 2.75) is 58.0 Å². The molecule has 0 radical (unpaired) electrons. The molecule has 1 aliphatic rings. The van der Waals surface area contributed by atoms with Gasteiger partial charge in [0.15, 0.2) is 0 Å². The summed E-state index contributed by atoms with van der Waals surface area (Å²) in [6, 6.07) is 9.19. The van der Waals surface area contributed by atoms with Crippen LogP contribution >= 0.6 is 0 Å². The van der Waals surface area contributed by atoms with Crippen LogP contribution in [0.15, 0.2) is 30.3 Å². The van der Waals surface area contributed by atoms with Crippen LogP contribution in [0.1, 0.15) is 49.9 Å². The van der Waals surface area contributed by atoms with Gasteiger partial charge >= 0.3 is 0 Å². The molecule has 1 aliphatic carbocycles. The number of benzene rings is 1. The third-order valence-corrected chi connectivity index (χ3v) is 4.46. The predicted molar refractivity (Wildman–Crippen MR) is 95.6 cm³/mol. The Bertz CT molecular complexity index is 666. The van der Waals surface area contributed by atoms with Crippen LogP contribution in [0.25, 0.3) is 0 Å². The highest BCUT2D eigenvalue weighted by atomic mass is 19.1. The summed E-state index contributed by atoms with van der Waals surface area (Å²) in [6.45, 7) is 2.29. The van der Waals surface area contributed by atoms with E-state index in [1.54, 1.807) is 12.1 Å². The van der Waals surface area contributed by atoms with Crippen LogP contribution in [0, 0.1) is 12.7 Å². The fraction of sp³-hybridized carbons (Fsp3) is 0.474. The zero-order valence-electron chi connectivity index (χ0n) is 14.2. The minimum atomic E-state index is -0.201. The largest absolute Gasteiger partial charge is 0.367 e. The summed E-state index contributed by atoms with van der Waals surface area (Å²) >= 11 is 0. The topological polar surface area (TPSA) is 49.8 Å². The van der Waals surface area contributed by atoms with Gasteiger partial charge < -0.3 is 10.6 Å². The molecule has 0 amide bonds. The lowest BCUT2D eigenvalue weighted by Gasteiger charge is -2.18. The third kappa shape index (κ3) is 4.66. The van der Waals surface area contributed by atoms with Crippen molar-refractivity contribution in [1.29, 1.82) is 0 Å². The van der Waals surface area contributed by atoms with Crippen LogP contribution < -0.4 is 10.6 Å². The normalized spacial score (nSPS) is 15.8. The Labute approximate surface area is 142 Å². The number of nitrogens with zero attached hydrogens (tertiary/aromatic N) is 2. The summed E-state index contributed by atoms with van der Waals surface area (Å²) in [4.78, 5) is 8.90. The molecule has 24 heavy (non-hydrogen) atoms. The molecule has 2 N–H and O–H groups in total. The maximum Gasteiger partial charge on any atom is 0.132 e. The number of rotatable bonds is 5. The van der Waals surface area contributed by atoms with E-state index in [0.29, 0.717) is 24.0 Å². The Morgan fingerprint density at radius 3 is 2.50 bits per heavy atom. The standard InChI is InChI=1S/C19H25FN4/c1-14-22-18(21-13-15-8-6-7-11-17(15)20)12-19(23-14)24-16-9-4-2-3-5-10-16/h6-8,11-12,16H,2-5,9-10,13H2,1H3,(H2,21,22,23,24). The molecule has 4 nitrogen and oxygen atoms in total. The Morgan fingerprint density at radius 2 is 1.75 bits per heavy atom. The molecular weight excluding hydrogens is 303 g/mol. The van der Waals surface area contributed by atoms with Gasteiger partial charge in [-0.2, -0.15) is 0 Å². The van der Waals surface area contributed by atoms with Crippen molar-refractivity contribution in [2.24, 2.45) is 0 Å². The van der Waals surface area contributed by atoms with E-state index in [4.69, 9.17) is 0 Å². The molecule has 0 bridgehead atoms. The molecule has 0 unspecified atom stereocenters.